The fraction of sp³-hybridized carbons (Fsp3) is 0.185. The lowest BCUT2D eigenvalue weighted by Crippen LogP contribution is -2.52. The number of hydrogen-bond donors (Lipinski definition) is 1. The molecule has 3 heterocycles. The number of rotatable bonds is 3. The van der Waals surface area contributed by atoms with E-state index in [-0.39, 0.29) is 17.9 Å². The van der Waals surface area contributed by atoms with Crippen molar-refractivity contribution in [2.45, 2.75) is 31.8 Å². The maximum atomic E-state index is 14.1. The summed E-state index contributed by atoms with van der Waals surface area (Å²) in [5, 5.41) is 0.951. The Hall–Kier alpha value is -4.41. The van der Waals surface area contributed by atoms with Gasteiger partial charge in [0.05, 0.1) is 11.2 Å². The van der Waals surface area contributed by atoms with E-state index >= 15 is 0 Å². The van der Waals surface area contributed by atoms with E-state index in [0.717, 1.165) is 33.1 Å². The number of imide groups is 1. The minimum atomic E-state index is -2.31. The number of carbonyl (C=O) groups is 2. The normalized spacial score (nSPS) is 18.2. The molecule has 2 aliphatic rings. The molecule has 194 valence electrons. The zero-order chi connectivity index (χ0) is 27.1. The number of nitrogens with zero attached hydrogens (tertiary/aromatic N) is 2. The Balaban J connectivity index is 1.37. The van der Waals surface area contributed by atoms with E-state index in [1.807, 2.05) is 38.1 Å². The monoisotopic (exact) mass is 527 g/mol. The third-order valence-electron chi connectivity index (χ3n) is 7.10. The first-order chi connectivity index (χ1) is 18.0. The van der Waals surface area contributed by atoms with Crippen molar-refractivity contribution in [3.8, 4) is 11.5 Å². The van der Waals surface area contributed by atoms with Gasteiger partial charge >= 0.3 is 6.03 Å². The van der Waals surface area contributed by atoms with E-state index in [1.165, 1.54) is 23.1 Å². The van der Waals surface area contributed by atoms with Crippen molar-refractivity contribution in [1.29, 1.82) is 0 Å². The van der Waals surface area contributed by atoms with Gasteiger partial charge in [-0.2, -0.15) is 8.78 Å². The van der Waals surface area contributed by atoms with E-state index in [0.29, 0.717) is 0 Å². The van der Waals surface area contributed by atoms with E-state index in [1.54, 1.807) is 0 Å². The minimum Gasteiger partial charge on any atom is -0.451 e. The summed E-state index contributed by atoms with van der Waals surface area (Å²) >= 11 is 0. The standard InChI is InChI=1S/C27H18F5N3O3/c1-27(2)24-15(14-8-3-4-9-16(14)33-24)11-17-25(36)34(26(37)35(17)27)12-6-5-7-13(10-12)38-23-21(31)19(29)18(28)20(30)22(23)32/h3-10,17,33H,11H2,1-2H3/t17-/m0/s1. The second kappa shape index (κ2) is 8.04. The van der Waals surface area contributed by atoms with Crippen LogP contribution in [0.25, 0.3) is 10.9 Å². The summed E-state index contributed by atoms with van der Waals surface area (Å²) in [6, 6.07) is 11.2. The van der Waals surface area contributed by atoms with Crippen molar-refractivity contribution >= 4 is 28.5 Å². The Morgan fingerprint density at radius 2 is 1.55 bits per heavy atom. The summed E-state index contributed by atoms with van der Waals surface area (Å²) in [4.78, 5) is 32.9. The number of ether oxygens (including phenoxy) is 1. The zero-order valence-electron chi connectivity index (χ0n) is 19.9. The van der Waals surface area contributed by atoms with Gasteiger partial charge < -0.3 is 14.6 Å². The molecule has 4 aromatic rings. The van der Waals surface area contributed by atoms with Gasteiger partial charge in [-0.3, -0.25) is 4.79 Å². The lowest BCUT2D eigenvalue weighted by molar-refractivity contribution is -0.121. The second-order valence-electron chi connectivity index (χ2n) is 9.63. The lowest BCUT2D eigenvalue weighted by Gasteiger charge is -2.42. The Morgan fingerprint density at radius 1 is 0.895 bits per heavy atom. The molecule has 0 bridgehead atoms. The molecule has 1 N–H and O–H groups in total. The molecule has 0 aliphatic carbocycles. The number of urea groups is 1. The van der Waals surface area contributed by atoms with Crippen molar-refractivity contribution in [3.05, 3.63) is 88.9 Å². The van der Waals surface area contributed by atoms with Crippen molar-refractivity contribution in [2.75, 3.05) is 4.90 Å². The number of fused-ring (bicyclic) bond motifs is 4. The van der Waals surface area contributed by atoms with Crippen LogP contribution in [0.3, 0.4) is 0 Å². The second-order valence-corrected chi connectivity index (χ2v) is 9.63. The van der Waals surface area contributed by atoms with Gasteiger partial charge in [0, 0.05) is 29.1 Å². The molecule has 1 atom stereocenters. The number of halogens is 5. The summed E-state index contributed by atoms with van der Waals surface area (Å²) in [5.41, 5.74) is 1.75. The first-order valence-electron chi connectivity index (χ1n) is 11.6. The number of anilines is 1. The summed E-state index contributed by atoms with van der Waals surface area (Å²) in [7, 11) is 0. The highest BCUT2D eigenvalue weighted by Gasteiger charge is 2.56. The lowest BCUT2D eigenvalue weighted by atomic mass is 9.85. The smallest absolute Gasteiger partial charge is 0.332 e. The molecule has 6 rings (SSSR count). The molecule has 38 heavy (non-hydrogen) atoms. The van der Waals surface area contributed by atoms with E-state index in [9.17, 15) is 31.5 Å². The maximum Gasteiger partial charge on any atom is 0.332 e. The van der Waals surface area contributed by atoms with E-state index < -0.39 is 58.4 Å². The van der Waals surface area contributed by atoms with Crippen LogP contribution in [0.5, 0.6) is 11.5 Å². The van der Waals surface area contributed by atoms with Gasteiger partial charge in [0.2, 0.25) is 34.8 Å². The number of amides is 3. The van der Waals surface area contributed by atoms with E-state index in [4.69, 9.17) is 4.74 Å². The number of aromatic amines is 1. The van der Waals surface area contributed by atoms with Crippen LogP contribution in [0.2, 0.25) is 0 Å². The van der Waals surface area contributed by atoms with Gasteiger partial charge in [0.1, 0.15) is 11.8 Å². The van der Waals surface area contributed by atoms with Crippen LogP contribution < -0.4 is 9.64 Å². The molecule has 3 aromatic carbocycles. The molecular formula is C27H18F5N3O3. The molecule has 3 amide bonds. The summed E-state index contributed by atoms with van der Waals surface area (Å²) in [6.07, 6.45) is 0.268. The topological polar surface area (TPSA) is 65.6 Å². The fourth-order valence-electron chi connectivity index (χ4n) is 5.37. The molecule has 11 heteroatoms. The quantitative estimate of drug-likeness (QED) is 0.148. The molecule has 0 saturated carbocycles. The van der Waals surface area contributed by atoms with Crippen molar-refractivity contribution in [1.82, 2.24) is 9.88 Å². The van der Waals surface area contributed by atoms with Crippen LogP contribution >= 0.6 is 0 Å². The average molecular weight is 527 g/mol. The van der Waals surface area contributed by atoms with Gasteiger partial charge in [-0.25, -0.2) is 22.9 Å². The molecule has 2 aliphatic heterocycles. The van der Waals surface area contributed by atoms with Crippen LogP contribution in [0.4, 0.5) is 32.4 Å². The maximum absolute atomic E-state index is 14.1. The highest BCUT2D eigenvalue weighted by Crippen LogP contribution is 2.45. The number of hydrogen-bond acceptors (Lipinski definition) is 3. The zero-order valence-corrected chi connectivity index (χ0v) is 19.9. The molecule has 1 fully saturated rings. The highest BCUT2D eigenvalue weighted by atomic mass is 19.2. The third-order valence-corrected chi connectivity index (χ3v) is 7.10. The molecule has 0 spiro atoms. The summed E-state index contributed by atoms with van der Waals surface area (Å²) < 4.78 is 73.9. The Bertz CT molecular complexity index is 1650. The molecular weight excluding hydrogens is 509 g/mol. The Labute approximate surface area is 212 Å². The third kappa shape index (κ3) is 3.17. The minimum absolute atomic E-state index is 0.0140. The van der Waals surface area contributed by atoms with Crippen LogP contribution in [-0.2, 0) is 16.8 Å². The number of para-hydroxylation sites is 1. The van der Waals surface area contributed by atoms with Crippen LogP contribution in [0.1, 0.15) is 25.1 Å². The summed E-state index contributed by atoms with van der Waals surface area (Å²) in [5.74, 6) is -13.3. The number of aromatic nitrogens is 1. The Kier molecular flexibility index (Phi) is 5.07. The number of benzene rings is 3. The largest absolute Gasteiger partial charge is 0.451 e. The van der Waals surface area contributed by atoms with Gasteiger partial charge in [-0.15, -0.1) is 0 Å². The van der Waals surface area contributed by atoms with Gasteiger partial charge in [-0.1, -0.05) is 24.3 Å². The Morgan fingerprint density at radius 3 is 2.26 bits per heavy atom. The first kappa shape index (κ1) is 24.0. The predicted octanol–water partition coefficient (Wildman–Crippen LogP) is 6.28. The van der Waals surface area contributed by atoms with Crippen LogP contribution in [0.15, 0.2) is 48.5 Å². The SMILES string of the molecule is CC1(C)c2[nH]c3ccccc3c2C[C@H]2C(=O)N(c3cccc(Oc4c(F)c(F)c(F)c(F)c4F)c3)C(=O)N21. The van der Waals surface area contributed by atoms with Crippen LogP contribution in [-0.4, -0.2) is 27.9 Å². The first-order valence-corrected chi connectivity index (χ1v) is 11.6. The van der Waals surface area contributed by atoms with Gasteiger partial charge in [0.25, 0.3) is 5.91 Å². The summed E-state index contributed by atoms with van der Waals surface area (Å²) in [6.45, 7) is 3.65. The fourth-order valence-corrected chi connectivity index (χ4v) is 5.37. The van der Waals surface area contributed by atoms with Gasteiger partial charge in [-0.05, 0) is 37.6 Å². The predicted molar refractivity (Wildman–Crippen MR) is 126 cm³/mol. The number of carbonyl (C=O) groups excluding carboxylic acids is 2. The molecule has 0 radical (unpaired) electrons. The number of H-pyrrole nitrogens is 1. The molecule has 1 aromatic heterocycles. The average Bonchev–Trinajstić information content (AvgIpc) is 3.40. The number of nitrogens with one attached hydrogen (secondary N) is 1. The molecule has 0 unspecified atom stereocenters. The molecule has 1 saturated heterocycles. The van der Waals surface area contributed by atoms with Crippen LogP contribution in [0, 0.1) is 29.1 Å². The van der Waals surface area contributed by atoms with E-state index in [2.05, 4.69) is 4.98 Å². The van der Waals surface area contributed by atoms with Gasteiger partial charge in [0.15, 0.2) is 0 Å². The van der Waals surface area contributed by atoms with Crippen molar-refractivity contribution < 1.29 is 36.3 Å². The van der Waals surface area contributed by atoms with Crippen molar-refractivity contribution in [2.24, 2.45) is 0 Å². The molecule has 6 nitrogen and oxygen atoms in total. The highest BCUT2D eigenvalue weighted by molar-refractivity contribution is 6.22. The van der Waals surface area contributed by atoms with Crippen molar-refractivity contribution in [3.63, 3.8) is 0 Å².